The second-order valence-corrected chi connectivity index (χ2v) is 5.10. The normalized spacial score (nSPS) is 16.4. The van der Waals surface area contributed by atoms with Gasteiger partial charge < -0.3 is 4.74 Å². The van der Waals surface area contributed by atoms with E-state index in [9.17, 15) is 4.79 Å². The minimum absolute atomic E-state index is 0.0487. The van der Waals surface area contributed by atoms with Gasteiger partial charge >= 0.3 is 0 Å². The second-order valence-electron chi connectivity index (χ2n) is 5.10. The molecule has 0 saturated carbocycles. The molecule has 0 fully saturated rings. The summed E-state index contributed by atoms with van der Waals surface area (Å²) in [5.74, 6) is 0.645. The third-order valence-electron chi connectivity index (χ3n) is 3.87. The maximum atomic E-state index is 12.8. The van der Waals surface area contributed by atoms with Crippen LogP contribution in [0.1, 0.15) is 40.9 Å². The molecule has 4 heteroatoms. The molecular formula is C16H18N2O2. The first-order chi connectivity index (χ1) is 9.76. The van der Waals surface area contributed by atoms with E-state index < -0.39 is 0 Å². The maximum Gasteiger partial charge on any atom is 0.192 e. The highest BCUT2D eigenvalue weighted by molar-refractivity contribution is 6.03. The zero-order chi connectivity index (χ0) is 14.1. The van der Waals surface area contributed by atoms with Crippen LogP contribution in [0.15, 0.2) is 30.5 Å². The zero-order valence-electron chi connectivity index (χ0n) is 11.8. The molecular weight excluding hydrogens is 252 g/mol. The minimum atomic E-state index is -0.0487. The molecule has 0 spiro atoms. The van der Waals surface area contributed by atoms with Crippen molar-refractivity contribution in [3.05, 3.63) is 47.3 Å². The summed E-state index contributed by atoms with van der Waals surface area (Å²) in [4.78, 5) is 12.8. The molecule has 1 aromatic heterocycles. The van der Waals surface area contributed by atoms with Crippen LogP contribution in [-0.4, -0.2) is 22.7 Å². The minimum Gasteiger partial charge on any atom is -0.493 e. The number of hydrogen-bond donors (Lipinski definition) is 0. The third kappa shape index (κ3) is 1.92. The van der Waals surface area contributed by atoms with E-state index in [1.54, 1.807) is 18.0 Å². The SMILES string of the molecule is CCCn1ncc(OC)c1C(=O)C1Cc2ccccc21. The summed E-state index contributed by atoms with van der Waals surface area (Å²) in [6.45, 7) is 2.81. The van der Waals surface area contributed by atoms with Gasteiger partial charge in [-0.3, -0.25) is 9.48 Å². The van der Waals surface area contributed by atoms with Crippen molar-refractivity contribution in [1.82, 2.24) is 9.78 Å². The average molecular weight is 270 g/mol. The molecule has 1 unspecified atom stereocenters. The number of carbonyl (C=O) groups is 1. The van der Waals surface area contributed by atoms with E-state index in [0.717, 1.165) is 24.9 Å². The molecule has 0 saturated heterocycles. The summed E-state index contributed by atoms with van der Waals surface area (Å²) in [7, 11) is 1.58. The number of ketones is 1. The summed E-state index contributed by atoms with van der Waals surface area (Å²) in [6.07, 6.45) is 3.38. The molecule has 20 heavy (non-hydrogen) atoms. The van der Waals surface area contributed by atoms with Crippen LogP contribution in [-0.2, 0) is 13.0 Å². The molecule has 0 bridgehead atoms. The third-order valence-corrected chi connectivity index (χ3v) is 3.87. The molecule has 1 heterocycles. The Hall–Kier alpha value is -2.10. The number of Topliss-reactive ketones (excluding diaryl/α,β-unsaturated/α-hetero) is 1. The summed E-state index contributed by atoms with van der Waals surface area (Å²) < 4.78 is 7.06. The van der Waals surface area contributed by atoms with Crippen LogP contribution in [0.25, 0.3) is 0 Å². The van der Waals surface area contributed by atoms with Crippen molar-refractivity contribution >= 4 is 5.78 Å². The fourth-order valence-electron chi connectivity index (χ4n) is 2.81. The van der Waals surface area contributed by atoms with Gasteiger partial charge in [0.05, 0.1) is 19.2 Å². The Labute approximate surface area is 118 Å². The van der Waals surface area contributed by atoms with Gasteiger partial charge in [0.15, 0.2) is 11.5 Å². The first kappa shape index (κ1) is 12.9. The van der Waals surface area contributed by atoms with Crippen LogP contribution in [0.5, 0.6) is 5.75 Å². The van der Waals surface area contributed by atoms with Gasteiger partial charge in [-0.1, -0.05) is 31.2 Å². The molecule has 1 atom stereocenters. The van der Waals surface area contributed by atoms with Crippen LogP contribution in [0.4, 0.5) is 0 Å². The van der Waals surface area contributed by atoms with Gasteiger partial charge in [0, 0.05) is 6.54 Å². The molecule has 1 aromatic carbocycles. The van der Waals surface area contributed by atoms with Crippen LogP contribution < -0.4 is 4.74 Å². The number of fused-ring (bicyclic) bond motifs is 1. The number of methoxy groups -OCH3 is 1. The Morgan fingerprint density at radius 3 is 2.95 bits per heavy atom. The molecule has 3 rings (SSSR count). The van der Waals surface area contributed by atoms with Crippen LogP contribution in [0, 0.1) is 0 Å². The lowest BCUT2D eigenvalue weighted by Gasteiger charge is -2.29. The fraction of sp³-hybridized carbons (Fsp3) is 0.375. The Kier molecular flexibility index (Phi) is 3.30. The molecule has 2 aromatic rings. The van der Waals surface area contributed by atoms with Crippen LogP contribution in [0.2, 0.25) is 0 Å². The van der Waals surface area contributed by atoms with Crippen molar-refractivity contribution in [1.29, 1.82) is 0 Å². The molecule has 104 valence electrons. The van der Waals surface area contributed by atoms with E-state index >= 15 is 0 Å². The van der Waals surface area contributed by atoms with Crippen molar-refractivity contribution in [2.24, 2.45) is 0 Å². The molecule has 0 amide bonds. The Balaban J connectivity index is 1.94. The van der Waals surface area contributed by atoms with Crippen molar-refractivity contribution < 1.29 is 9.53 Å². The number of aromatic nitrogens is 2. The highest BCUT2D eigenvalue weighted by atomic mass is 16.5. The monoisotopic (exact) mass is 270 g/mol. The summed E-state index contributed by atoms with van der Waals surface area (Å²) >= 11 is 0. The smallest absolute Gasteiger partial charge is 0.192 e. The van der Waals surface area contributed by atoms with Crippen molar-refractivity contribution in [3.63, 3.8) is 0 Å². The summed E-state index contributed by atoms with van der Waals surface area (Å²) in [5, 5.41) is 4.27. The zero-order valence-corrected chi connectivity index (χ0v) is 11.8. The predicted molar refractivity (Wildman–Crippen MR) is 76.3 cm³/mol. The first-order valence-electron chi connectivity index (χ1n) is 6.98. The summed E-state index contributed by atoms with van der Waals surface area (Å²) in [5.41, 5.74) is 3.02. The highest BCUT2D eigenvalue weighted by Crippen LogP contribution is 2.38. The number of carbonyl (C=O) groups excluding carboxylic acids is 1. The topological polar surface area (TPSA) is 44.1 Å². The lowest BCUT2D eigenvalue weighted by molar-refractivity contribution is 0.0934. The second kappa shape index (κ2) is 5.12. The fourth-order valence-corrected chi connectivity index (χ4v) is 2.81. The molecule has 1 aliphatic carbocycles. The predicted octanol–water partition coefficient (Wildman–Crippen LogP) is 2.82. The Bertz CT molecular complexity index is 646. The molecule has 0 aliphatic heterocycles. The summed E-state index contributed by atoms with van der Waals surface area (Å²) in [6, 6.07) is 8.12. The lowest BCUT2D eigenvalue weighted by atomic mass is 9.74. The van der Waals surface area contributed by atoms with E-state index in [1.807, 2.05) is 18.2 Å². The number of nitrogens with zero attached hydrogens (tertiary/aromatic N) is 2. The van der Waals surface area contributed by atoms with Gasteiger partial charge in [0.2, 0.25) is 0 Å². The van der Waals surface area contributed by atoms with Crippen LogP contribution >= 0.6 is 0 Å². The van der Waals surface area contributed by atoms with E-state index in [4.69, 9.17) is 4.74 Å². The van der Waals surface area contributed by atoms with E-state index in [1.165, 1.54) is 5.56 Å². The molecule has 0 N–H and O–H groups in total. The van der Waals surface area contributed by atoms with Crippen molar-refractivity contribution in [3.8, 4) is 5.75 Å². The number of benzene rings is 1. The highest BCUT2D eigenvalue weighted by Gasteiger charge is 2.35. The van der Waals surface area contributed by atoms with Crippen molar-refractivity contribution in [2.45, 2.75) is 32.2 Å². The lowest BCUT2D eigenvalue weighted by Crippen LogP contribution is -2.27. The van der Waals surface area contributed by atoms with Gasteiger partial charge in [0.1, 0.15) is 5.69 Å². The van der Waals surface area contributed by atoms with E-state index in [2.05, 4.69) is 18.1 Å². The molecule has 1 aliphatic rings. The van der Waals surface area contributed by atoms with Gasteiger partial charge in [-0.15, -0.1) is 0 Å². The van der Waals surface area contributed by atoms with Gasteiger partial charge in [-0.05, 0) is 24.0 Å². The maximum absolute atomic E-state index is 12.8. The molecule has 0 radical (unpaired) electrons. The molecule has 4 nitrogen and oxygen atoms in total. The standard InChI is InChI=1S/C16H18N2O2/c1-3-8-18-15(14(20-2)10-17-18)16(19)13-9-11-6-4-5-7-12(11)13/h4-7,10,13H,3,8-9H2,1-2H3. The quantitative estimate of drug-likeness (QED) is 0.785. The number of aryl methyl sites for hydroxylation is 1. The van der Waals surface area contributed by atoms with Crippen LogP contribution in [0.3, 0.4) is 0 Å². The number of rotatable bonds is 5. The van der Waals surface area contributed by atoms with E-state index in [-0.39, 0.29) is 11.7 Å². The number of ether oxygens (including phenoxy) is 1. The Morgan fingerprint density at radius 1 is 1.45 bits per heavy atom. The number of hydrogen-bond acceptors (Lipinski definition) is 3. The first-order valence-corrected chi connectivity index (χ1v) is 6.98. The van der Waals surface area contributed by atoms with Gasteiger partial charge in [0.25, 0.3) is 0 Å². The Morgan fingerprint density at radius 2 is 2.25 bits per heavy atom. The largest absolute Gasteiger partial charge is 0.493 e. The van der Waals surface area contributed by atoms with E-state index in [0.29, 0.717) is 11.4 Å². The average Bonchev–Trinajstić information content (AvgIpc) is 2.83. The van der Waals surface area contributed by atoms with Gasteiger partial charge in [-0.2, -0.15) is 5.10 Å². The van der Waals surface area contributed by atoms with Gasteiger partial charge in [-0.25, -0.2) is 0 Å². The van der Waals surface area contributed by atoms with Crippen molar-refractivity contribution in [2.75, 3.05) is 7.11 Å².